The highest BCUT2D eigenvalue weighted by molar-refractivity contribution is 5.83. The molecule has 2 aliphatic rings. The van der Waals surface area contributed by atoms with Gasteiger partial charge in [-0.15, -0.1) is 0 Å². The number of aromatic nitrogens is 4. The lowest BCUT2D eigenvalue weighted by molar-refractivity contribution is -0.140. The van der Waals surface area contributed by atoms with Gasteiger partial charge in [-0.1, -0.05) is 26.0 Å². The molecular weight excluding hydrogens is 344 g/mol. The fourth-order valence-electron chi connectivity index (χ4n) is 3.52. The average molecular weight is 368 g/mol. The molecule has 4 rings (SSSR count). The molecular formula is C19H24N6O2. The van der Waals surface area contributed by atoms with E-state index in [1.54, 1.807) is 0 Å². The molecule has 2 aromatic heterocycles. The number of H-pyrrole nitrogens is 1. The molecule has 1 aliphatic carbocycles. The number of hydrogen-bond donors (Lipinski definition) is 2. The van der Waals surface area contributed by atoms with Crippen molar-refractivity contribution in [3.8, 4) is 0 Å². The van der Waals surface area contributed by atoms with Gasteiger partial charge in [0, 0.05) is 23.9 Å². The molecule has 0 saturated carbocycles. The fourth-order valence-corrected chi connectivity index (χ4v) is 3.52. The molecule has 0 aromatic carbocycles. The Kier molecular flexibility index (Phi) is 4.55. The minimum Gasteiger partial charge on any atom is -0.467 e. The van der Waals surface area contributed by atoms with Crippen LogP contribution < -0.4 is 10.2 Å². The zero-order valence-corrected chi connectivity index (χ0v) is 15.8. The molecule has 0 radical (unpaired) electrons. The molecule has 1 atom stereocenters. The van der Waals surface area contributed by atoms with Crippen LogP contribution in [0.15, 0.2) is 18.2 Å². The molecule has 3 heterocycles. The number of ether oxygens (including phenoxy) is 1. The van der Waals surface area contributed by atoms with Gasteiger partial charge < -0.3 is 15.0 Å². The van der Waals surface area contributed by atoms with Gasteiger partial charge in [0.2, 0.25) is 5.95 Å². The number of fused-ring (bicyclic) bond motifs is 1. The standard InChI is InChI=1S/C19H24N6O2/c1-11(2)14-10-16(24-23-14)21-17-12-6-4-7-13(12)20-19(22-17)25-9-5-8-15(25)18(26)27-3/h5,8,10-11,15H,4,6-7,9H2,1-3H3,(H2,20,21,22,23,24). The Balaban J connectivity index is 1.67. The van der Waals surface area contributed by atoms with Gasteiger partial charge >= 0.3 is 5.97 Å². The maximum Gasteiger partial charge on any atom is 0.332 e. The van der Waals surface area contributed by atoms with Crippen molar-refractivity contribution in [3.63, 3.8) is 0 Å². The number of hydrogen-bond acceptors (Lipinski definition) is 7. The van der Waals surface area contributed by atoms with E-state index in [-0.39, 0.29) is 5.97 Å². The van der Waals surface area contributed by atoms with E-state index in [1.165, 1.54) is 7.11 Å². The summed E-state index contributed by atoms with van der Waals surface area (Å²) in [5.41, 5.74) is 3.24. The van der Waals surface area contributed by atoms with Crippen molar-refractivity contribution < 1.29 is 9.53 Å². The van der Waals surface area contributed by atoms with Crippen molar-refractivity contribution in [1.82, 2.24) is 20.2 Å². The lowest BCUT2D eigenvalue weighted by atomic mass is 10.1. The Morgan fingerprint density at radius 3 is 2.96 bits per heavy atom. The smallest absolute Gasteiger partial charge is 0.332 e. The molecule has 1 unspecified atom stereocenters. The van der Waals surface area contributed by atoms with Gasteiger partial charge in [0.1, 0.15) is 11.9 Å². The average Bonchev–Trinajstić information content (AvgIpc) is 3.40. The van der Waals surface area contributed by atoms with Crippen LogP contribution in [0.4, 0.5) is 17.6 Å². The molecule has 0 spiro atoms. The summed E-state index contributed by atoms with van der Waals surface area (Å²) >= 11 is 0. The summed E-state index contributed by atoms with van der Waals surface area (Å²) in [7, 11) is 1.40. The highest BCUT2D eigenvalue weighted by atomic mass is 16.5. The fraction of sp³-hybridized carbons (Fsp3) is 0.474. The van der Waals surface area contributed by atoms with E-state index in [0.717, 1.165) is 47.8 Å². The maximum atomic E-state index is 12.1. The van der Waals surface area contributed by atoms with Crippen LogP contribution in [0.5, 0.6) is 0 Å². The number of esters is 1. The molecule has 0 fully saturated rings. The predicted molar refractivity (Wildman–Crippen MR) is 102 cm³/mol. The monoisotopic (exact) mass is 368 g/mol. The Morgan fingerprint density at radius 1 is 1.37 bits per heavy atom. The number of aryl methyl sites for hydroxylation is 1. The molecule has 1 aliphatic heterocycles. The van der Waals surface area contributed by atoms with E-state index in [4.69, 9.17) is 14.7 Å². The van der Waals surface area contributed by atoms with E-state index in [9.17, 15) is 4.79 Å². The first-order valence-electron chi connectivity index (χ1n) is 9.30. The molecule has 2 N–H and O–H groups in total. The molecule has 8 nitrogen and oxygen atoms in total. The van der Waals surface area contributed by atoms with Crippen LogP contribution >= 0.6 is 0 Å². The zero-order valence-electron chi connectivity index (χ0n) is 15.8. The largest absolute Gasteiger partial charge is 0.467 e. The maximum absolute atomic E-state index is 12.1. The second-order valence-corrected chi connectivity index (χ2v) is 7.19. The summed E-state index contributed by atoms with van der Waals surface area (Å²) in [5.74, 6) is 2.11. The molecule has 8 heteroatoms. The third-order valence-electron chi connectivity index (χ3n) is 5.04. The summed E-state index contributed by atoms with van der Waals surface area (Å²) in [6.45, 7) is 4.81. The first kappa shape index (κ1) is 17.5. The topological polar surface area (TPSA) is 96.0 Å². The summed E-state index contributed by atoms with van der Waals surface area (Å²) < 4.78 is 4.91. The van der Waals surface area contributed by atoms with E-state index >= 15 is 0 Å². The van der Waals surface area contributed by atoms with E-state index in [2.05, 4.69) is 29.4 Å². The van der Waals surface area contributed by atoms with Crippen LogP contribution in [0.1, 0.15) is 43.1 Å². The van der Waals surface area contributed by atoms with Crippen LogP contribution in [0.3, 0.4) is 0 Å². The molecule has 27 heavy (non-hydrogen) atoms. The van der Waals surface area contributed by atoms with Crippen molar-refractivity contribution in [2.45, 2.75) is 45.1 Å². The van der Waals surface area contributed by atoms with Gasteiger partial charge in [-0.3, -0.25) is 5.10 Å². The van der Waals surface area contributed by atoms with E-state index in [0.29, 0.717) is 18.4 Å². The van der Waals surface area contributed by atoms with Gasteiger partial charge in [-0.25, -0.2) is 9.78 Å². The van der Waals surface area contributed by atoms with Crippen molar-refractivity contribution in [1.29, 1.82) is 0 Å². The summed E-state index contributed by atoms with van der Waals surface area (Å²) in [6, 6.07) is 1.52. The SMILES string of the molecule is COC(=O)C1C=CCN1c1nc2c(c(Nc3cc(C(C)C)[nH]n3)n1)CCC2. The van der Waals surface area contributed by atoms with Crippen LogP contribution in [-0.4, -0.2) is 45.8 Å². The zero-order chi connectivity index (χ0) is 19.0. The van der Waals surface area contributed by atoms with Gasteiger partial charge in [0.25, 0.3) is 0 Å². The Morgan fingerprint density at radius 2 is 2.22 bits per heavy atom. The number of rotatable bonds is 5. The van der Waals surface area contributed by atoms with Crippen LogP contribution in [0.25, 0.3) is 0 Å². The third kappa shape index (κ3) is 3.27. The highest BCUT2D eigenvalue weighted by Gasteiger charge is 2.31. The van der Waals surface area contributed by atoms with Gasteiger partial charge in [0.05, 0.1) is 12.8 Å². The number of carbonyl (C=O) groups is 1. The molecule has 2 aromatic rings. The normalized spacial score (nSPS) is 18.2. The summed E-state index contributed by atoms with van der Waals surface area (Å²) in [4.78, 5) is 23.4. The van der Waals surface area contributed by atoms with Crippen LogP contribution in [0, 0.1) is 0 Å². The number of nitrogens with one attached hydrogen (secondary N) is 2. The minimum absolute atomic E-state index is 0.309. The Hall–Kier alpha value is -2.90. The van der Waals surface area contributed by atoms with Crippen LogP contribution in [-0.2, 0) is 22.4 Å². The lowest BCUT2D eigenvalue weighted by Gasteiger charge is -2.24. The second-order valence-electron chi connectivity index (χ2n) is 7.19. The first-order valence-corrected chi connectivity index (χ1v) is 9.30. The molecule has 0 bridgehead atoms. The number of carbonyl (C=O) groups excluding carboxylic acids is 1. The Bertz CT molecular complexity index is 888. The number of nitrogens with zero attached hydrogens (tertiary/aromatic N) is 4. The third-order valence-corrected chi connectivity index (χ3v) is 5.04. The van der Waals surface area contributed by atoms with Gasteiger partial charge in [-0.2, -0.15) is 10.1 Å². The van der Waals surface area contributed by atoms with Crippen molar-refractivity contribution >= 4 is 23.6 Å². The van der Waals surface area contributed by atoms with Gasteiger partial charge in [-0.05, 0) is 25.2 Å². The van der Waals surface area contributed by atoms with Gasteiger partial charge in [0.15, 0.2) is 5.82 Å². The van der Waals surface area contributed by atoms with Crippen molar-refractivity contribution in [2.75, 3.05) is 23.9 Å². The second kappa shape index (κ2) is 7.02. The summed E-state index contributed by atoms with van der Waals surface area (Å²) in [6.07, 6.45) is 6.68. The van der Waals surface area contributed by atoms with Crippen molar-refractivity contribution in [2.24, 2.45) is 0 Å². The van der Waals surface area contributed by atoms with Crippen LogP contribution in [0.2, 0.25) is 0 Å². The van der Waals surface area contributed by atoms with E-state index in [1.807, 2.05) is 23.1 Å². The number of aromatic amines is 1. The molecule has 0 saturated heterocycles. The number of methoxy groups -OCH3 is 1. The highest BCUT2D eigenvalue weighted by Crippen LogP contribution is 2.31. The first-order chi connectivity index (χ1) is 13.1. The Labute approximate surface area is 158 Å². The lowest BCUT2D eigenvalue weighted by Crippen LogP contribution is -2.38. The quantitative estimate of drug-likeness (QED) is 0.618. The predicted octanol–water partition coefficient (Wildman–Crippen LogP) is 2.47. The van der Waals surface area contributed by atoms with E-state index < -0.39 is 6.04 Å². The van der Waals surface area contributed by atoms with Crippen molar-refractivity contribution in [3.05, 3.63) is 35.2 Å². The number of anilines is 3. The summed E-state index contributed by atoms with van der Waals surface area (Å²) in [5, 5.41) is 10.7. The minimum atomic E-state index is -0.486. The molecule has 0 amide bonds. The molecule has 142 valence electrons.